The molecule has 0 saturated carbocycles. The molecule has 1 N–H and O–H groups in total. The molecule has 0 bridgehead atoms. The third-order valence-electron chi connectivity index (χ3n) is 2.30. The highest BCUT2D eigenvalue weighted by Crippen LogP contribution is 2.21. The summed E-state index contributed by atoms with van der Waals surface area (Å²) in [5.41, 5.74) is 0.628. The Kier molecular flexibility index (Phi) is 5.24. The van der Waals surface area contributed by atoms with E-state index >= 15 is 0 Å². The minimum Gasteiger partial charge on any atom is -0.479 e. The molecule has 0 aliphatic rings. The van der Waals surface area contributed by atoms with Gasteiger partial charge in [0.25, 0.3) is 0 Å². The van der Waals surface area contributed by atoms with E-state index in [0.717, 1.165) is 0 Å². The fourth-order valence-corrected chi connectivity index (χ4v) is 2.18. The van der Waals surface area contributed by atoms with Gasteiger partial charge in [0.1, 0.15) is 0 Å². The zero-order valence-electron chi connectivity index (χ0n) is 10.5. The minimum atomic E-state index is -1.01. The minimum absolute atomic E-state index is 0.0711. The first-order valence-corrected chi connectivity index (χ1v) is 6.40. The molecule has 100 valence electrons. The van der Waals surface area contributed by atoms with Crippen LogP contribution in [0.2, 0.25) is 0 Å². The van der Waals surface area contributed by atoms with Crippen molar-refractivity contribution in [3.8, 4) is 0 Å². The summed E-state index contributed by atoms with van der Waals surface area (Å²) in [6.07, 6.45) is -0.870. The van der Waals surface area contributed by atoms with Gasteiger partial charge in [0.05, 0.1) is 12.3 Å². The van der Waals surface area contributed by atoms with Crippen LogP contribution >= 0.6 is 11.3 Å². The Morgan fingerprint density at radius 1 is 1.61 bits per heavy atom. The summed E-state index contributed by atoms with van der Waals surface area (Å²) in [6.45, 7) is 5.48. The number of carboxylic acid groups (broad SMARTS) is 1. The van der Waals surface area contributed by atoms with Crippen LogP contribution in [0.3, 0.4) is 0 Å². The van der Waals surface area contributed by atoms with Crippen LogP contribution in [0, 0.1) is 0 Å². The summed E-state index contributed by atoms with van der Waals surface area (Å²) in [6, 6.07) is 0. The second-order valence-electron chi connectivity index (χ2n) is 3.68. The van der Waals surface area contributed by atoms with Gasteiger partial charge >= 0.3 is 5.97 Å². The molecule has 1 aromatic heterocycles. The van der Waals surface area contributed by atoms with Crippen LogP contribution in [-0.2, 0) is 20.9 Å². The predicted octanol–water partition coefficient (Wildman–Crippen LogP) is 1.51. The maximum Gasteiger partial charge on any atom is 0.332 e. The highest BCUT2D eigenvalue weighted by Gasteiger charge is 2.15. The number of anilines is 1. The second kappa shape index (κ2) is 6.46. The van der Waals surface area contributed by atoms with Crippen LogP contribution in [0.25, 0.3) is 0 Å². The van der Waals surface area contributed by atoms with Crippen LogP contribution in [0.4, 0.5) is 5.13 Å². The van der Waals surface area contributed by atoms with Crippen LogP contribution in [0.15, 0.2) is 5.38 Å². The van der Waals surface area contributed by atoms with E-state index < -0.39 is 12.1 Å². The van der Waals surface area contributed by atoms with Crippen molar-refractivity contribution in [1.82, 2.24) is 4.98 Å². The standard InChI is InChI=1S/C11H16N2O4S/c1-4-13(8(3)14)11-12-9(6-18-11)5-17-7(2)10(15)16/h6-7H,4-5H2,1-3H3,(H,15,16). The number of aromatic nitrogens is 1. The third-order valence-corrected chi connectivity index (χ3v) is 3.21. The van der Waals surface area contributed by atoms with Gasteiger partial charge in [-0.1, -0.05) is 0 Å². The fourth-order valence-electron chi connectivity index (χ4n) is 1.26. The van der Waals surface area contributed by atoms with E-state index in [1.807, 2.05) is 6.92 Å². The van der Waals surface area contributed by atoms with E-state index in [1.165, 1.54) is 25.2 Å². The molecule has 0 aliphatic heterocycles. The molecule has 1 amide bonds. The predicted molar refractivity (Wildman–Crippen MR) is 67.7 cm³/mol. The lowest BCUT2D eigenvalue weighted by atomic mass is 10.4. The van der Waals surface area contributed by atoms with Gasteiger partial charge in [-0.2, -0.15) is 0 Å². The van der Waals surface area contributed by atoms with Crippen molar-refractivity contribution < 1.29 is 19.4 Å². The van der Waals surface area contributed by atoms with Gasteiger partial charge in [-0.15, -0.1) is 11.3 Å². The number of carboxylic acids is 1. The zero-order valence-corrected chi connectivity index (χ0v) is 11.4. The Labute approximate surface area is 109 Å². The lowest BCUT2D eigenvalue weighted by molar-refractivity contribution is -0.149. The first-order chi connectivity index (χ1) is 8.45. The summed E-state index contributed by atoms with van der Waals surface area (Å²) < 4.78 is 5.12. The van der Waals surface area contributed by atoms with Crippen molar-refractivity contribution in [3.05, 3.63) is 11.1 Å². The van der Waals surface area contributed by atoms with Gasteiger partial charge in [-0.05, 0) is 13.8 Å². The van der Waals surface area contributed by atoms with Crippen molar-refractivity contribution in [2.75, 3.05) is 11.4 Å². The molecule has 0 radical (unpaired) electrons. The first-order valence-electron chi connectivity index (χ1n) is 5.52. The third kappa shape index (κ3) is 3.78. The van der Waals surface area contributed by atoms with Gasteiger partial charge in [0.2, 0.25) is 5.91 Å². The lowest BCUT2D eigenvalue weighted by Crippen LogP contribution is -2.27. The molecule has 0 aromatic carbocycles. The number of aliphatic carboxylic acids is 1. The maximum absolute atomic E-state index is 11.3. The molecule has 0 aliphatic carbocycles. The Hall–Kier alpha value is -1.47. The van der Waals surface area contributed by atoms with E-state index in [4.69, 9.17) is 9.84 Å². The summed E-state index contributed by atoms with van der Waals surface area (Å²) in [5, 5.41) is 11.0. The highest BCUT2D eigenvalue weighted by molar-refractivity contribution is 7.14. The second-order valence-corrected chi connectivity index (χ2v) is 4.51. The number of ether oxygens (including phenoxy) is 1. The topological polar surface area (TPSA) is 79.7 Å². The highest BCUT2D eigenvalue weighted by atomic mass is 32.1. The van der Waals surface area contributed by atoms with Crippen LogP contribution in [0.5, 0.6) is 0 Å². The number of amides is 1. The van der Waals surface area contributed by atoms with E-state index in [1.54, 1.807) is 10.3 Å². The molecule has 18 heavy (non-hydrogen) atoms. The molecule has 7 heteroatoms. The van der Waals surface area contributed by atoms with Crippen molar-refractivity contribution in [2.45, 2.75) is 33.5 Å². The van der Waals surface area contributed by atoms with Gasteiger partial charge in [0.15, 0.2) is 11.2 Å². The number of rotatable bonds is 6. The molecule has 0 saturated heterocycles. The monoisotopic (exact) mass is 272 g/mol. The zero-order chi connectivity index (χ0) is 13.7. The quantitative estimate of drug-likeness (QED) is 0.849. The summed E-state index contributed by atoms with van der Waals surface area (Å²) >= 11 is 1.34. The Morgan fingerprint density at radius 2 is 2.28 bits per heavy atom. The molecular formula is C11H16N2O4S. The summed E-state index contributed by atoms with van der Waals surface area (Å²) in [4.78, 5) is 27.7. The summed E-state index contributed by atoms with van der Waals surface area (Å²) in [7, 11) is 0. The van der Waals surface area contributed by atoms with E-state index in [9.17, 15) is 9.59 Å². The molecule has 1 heterocycles. The Morgan fingerprint density at radius 3 is 2.78 bits per heavy atom. The van der Waals surface area contributed by atoms with Crippen LogP contribution in [-0.4, -0.2) is 34.6 Å². The van der Waals surface area contributed by atoms with Gasteiger partial charge in [0, 0.05) is 18.8 Å². The van der Waals surface area contributed by atoms with Gasteiger partial charge in [-0.3, -0.25) is 9.69 Å². The first kappa shape index (κ1) is 14.6. The molecule has 1 aromatic rings. The molecule has 1 atom stereocenters. The number of nitrogens with zero attached hydrogens (tertiary/aromatic N) is 2. The molecular weight excluding hydrogens is 256 g/mol. The molecule has 0 fully saturated rings. The molecule has 6 nitrogen and oxygen atoms in total. The number of hydrogen-bond acceptors (Lipinski definition) is 5. The smallest absolute Gasteiger partial charge is 0.332 e. The molecule has 0 spiro atoms. The van der Waals surface area contributed by atoms with Crippen molar-refractivity contribution in [1.29, 1.82) is 0 Å². The van der Waals surface area contributed by atoms with Gasteiger partial charge in [-0.25, -0.2) is 9.78 Å². The molecule has 1 unspecified atom stereocenters. The van der Waals surface area contributed by atoms with Crippen LogP contribution < -0.4 is 4.90 Å². The van der Waals surface area contributed by atoms with Crippen LogP contribution in [0.1, 0.15) is 26.5 Å². The number of carbonyl (C=O) groups is 2. The van der Waals surface area contributed by atoms with Crippen molar-refractivity contribution in [2.24, 2.45) is 0 Å². The number of hydrogen-bond donors (Lipinski definition) is 1. The van der Waals surface area contributed by atoms with E-state index in [0.29, 0.717) is 17.4 Å². The Bertz CT molecular complexity index is 432. The number of carbonyl (C=O) groups excluding carboxylic acids is 1. The SMILES string of the molecule is CCN(C(C)=O)c1nc(COC(C)C(=O)O)cs1. The van der Waals surface area contributed by atoms with Crippen molar-refractivity contribution in [3.63, 3.8) is 0 Å². The fraction of sp³-hybridized carbons (Fsp3) is 0.545. The maximum atomic E-state index is 11.3. The van der Waals surface area contributed by atoms with E-state index in [2.05, 4.69) is 4.98 Å². The van der Waals surface area contributed by atoms with Gasteiger partial charge < -0.3 is 9.84 Å². The van der Waals surface area contributed by atoms with E-state index in [-0.39, 0.29) is 12.5 Å². The molecule has 1 rings (SSSR count). The lowest BCUT2D eigenvalue weighted by Gasteiger charge is -2.14. The number of thiazole rings is 1. The summed E-state index contributed by atoms with van der Waals surface area (Å²) in [5.74, 6) is -1.08. The normalized spacial score (nSPS) is 12.2. The average molecular weight is 272 g/mol. The average Bonchev–Trinajstić information content (AvgIpc) is 2.74. The largest absolute Gasteiger partial charge is 0.479 e. The van der Waals surface area contributed by atoms with Crippen molar-refractivity contribution >= 4 is 28.3 Å². The Balaban J connectivity index is 2.63.